The Morgan fingerprint density at radius 3 is 2.39 bits per heavy atom. The van der Waals surface area contributed by atoms with Crippen LogP contribution in [-0.4, -0.2) is 36.4 Å². The Balaban J connectivity index is 1.44. The molecule has 8 nitrogen and oxygen atoms in total. The standard InChI is InChI=1S/C28H28N4O4/c33-27(15-10-22-8-12-24(13-9-22)32(35)36)30-23-11-14-26(31-18-4-5-19-31)25(20-23)28(34)29-17-16-21-6-2-1-3-7-21/h1-3,6-15,20H,4-5,16-19H2,(H,29,34)(H,30,33). The molecule has 2 N–H and O–H groups in total. The summed E-state index contributed by atoms with van der Waals surface area (Å²) in [6.45, 7) is 2.30. The third-order valence-electron chi connectivity index (χ3n) is 6.03. The minimum absolute atomic E-state index is 0.00994. The average Bonchev–Trinajstić information content (AvgIpc) is 3.43. The van der Waals surface area contributed by atoms with Crippen LogP contribution in [0.15, 0.2) is 78.9 Å². The fourth-order valence-electron chi connectivity index (χ4n) is 4.15. The SMILES string of the molecule is O=C(C=Cc1ccc([N+](=O)[O-])cc1)Nc1ccc(N2CCCC2)c(C(=O)NCCc2ccccc2)c1. The third kappa shape index (κ3) is 6.56. The molecule has 0 bridgehead atoms. The monoisotopic (exact) mass is 484 g/mol. The average molecular weight is 485 g/mol. The van der Waals surface area contributed by atoms with Gasteiger partial charge >= 0.3 is 0 Å². The van der Waals surface area contributed by atoms with E-state index in [2.05, 4.69) is 15.5 Å². The number of nitrogens with one attached hydrogen (secondary N) is 2. The van der Waals surface area contributed by atoms with E-state index in [0.717, 1.165) is 43.6 Å². The van der Waals surface area contributed by atoms with E-state index >= 15 is 0 Å². The van der Waals surface area contributed by atoms with E-state index in [0.29, 0.717) is 23.4 Å². The smallest absolute Gasteiger partial charge is 0.269 e. The van der Waals surface area contributed by atoms with Gasteiger partial charge in [0.2, 0.25) is 5.91 Å². The summed E-state index contributed by atoms with van der Waals surface area (Å²) in [6, 6.07) is 21.3. The van der Waals surface area contributed by atoms with Crippen molar-refractivity contribution in [3.05, 3.63) is 106 Å². The molecule has 1 aliphatic rings. The number of nitro benzene ring substituents is 1. The molecule has 0 aliphatic carbocycles. The number of benzene rings is 3. The predicted octanol–water partition coefficient (Wildman–Crippen LogP) is 4.82. The van der Waals surface area contributed by atoms with Gasteiger partial charge in [-0.2, -0.15) is 0 Å². The third-order valence-corrected chi connectivity index (χ3v) is 6.03. The van der Waals surface area contributed by atoms with Gasteiger partial charge in [-0.3, -0.25) is 19.7 Å². The quantitative estimate of drug-likeness (QED) is 0.257. The van der Waals surface area contributed by atoms with Crippen molar-refractivity contribution in [2.45, 2.75) is 19.3 Å². The molecule has 3 aromatic rings. The Labute approximate surface area is 209 Å². The number of carbonyl (C=O) groups excluding carboxylic acids is 2. The maximum Gasteiger partial charge on any atom is 0.269 e. The molecule has 1 heterocycles. The van der Waals surface area contributed by atoms with Gasteiger partial charge in [-0.05, 0) is 66.8 Å². The zero-order valence-corrected chi connectivity index (χ0v) is 19.9. The first-order valence-electron chi connectivity index (χ1n) is 11.9. The predicted molar refractivity (Wildman–Crippen MR) is 141 cm³/mol. The molecule has 3 aromatic carbocycles. The van der Waals surface area contributed by atoms with Gasteiger partial charge in [0, 0.05) is 49.2 Å². The summed E-state index contributed by atoms with van der Waals surface area (Å²) < 4.78 is 0. The van der Waals surface area contributed by atoms with Gasteiger partial charge < -0.3 is 15.5 Å². The summed E-state index contributed by atoms with van der Waals surface area (Å²) in [5, 5.41) is 16.6. The molecule has 36 heavy (non-hydrogen) atoms. The van der Waals surface area contributed by atoms with Crippen LogP contribution in [0.2, 0.25) is 0 Å². The van der Waals surface area contributed by atoms with E-state index in [1.807, 2.05) is 36.4 Å². The van der Waals surface area contributed by atoms with Crippen molar-refractivity contribution < 1.29 is 14.5 Å². The number of non-ortho nitro benzene ring substituents is 1. The van der Waals surface area contributed by atoms with Crippen LogP contribution in [0, 0.1) is 10.1 Å². The lowest BCUT2D eigenvalue weighted by Gasteiger charge is -2.22. The summed E-state index contributed by atoms with van der Waals surface area (Å²) in [5.74, 6) is -0.539. The van der Waals surface area contributed by atoms with Crippen LogP contribution in [0.25, 0.3) is 6.08 Å². The van der Waals surface area contributed by atoms with Gasteiger partial charge in [-0.15, -0.1) is 0 Å². The fourth-order valence-corrected chi connectivity index (χ4v) is 4.15. The molecule has 1 fully saturated rings. The first-order chi connectivity index (χ1) is 17.5. The summed E-state index contributed by atoms with van der Waals surface area (Å²) in [4.78, 5) is 38.1. The number of hydrogen-bond acceptors (Lipinski definition) is 5. The largest absolute Gasteiger partial charge is 0.371 e. The molecule has 1 saturated heterocycles. The fraction of sp³-hybridized carbons (Fsp3) is 0.214. The van der Waals surface area contributed by atoms with E-state index in [1.165, 1.54) is 18.2 Å². The highest BCUT2D eigenvalue weighted by molar-refractivity contribution is 6.05. The second-order valence-electron chi connectivity index (χ2n) is 8.59. The van der Waals surface area contributed by atoms with E-state index < -0.39 is 4.92 Å². The van der Waals surface area contributed by atoms with Crippen LogP contribution in [0.1, 0.15) is 34.3 Å². The number of nitrogens with zero attached hydrogens (tertiary/aromatic N) is 2. The minimum atomic E-state index is -0.471. The number of anilines is 2. The normalized spacial score (nSPS) is 13.1. The van der Waals surface area contributed by atoms with Gasteiger partial charge in [-0.25, -0.2) is 0 Å². The topological polar surface area (TPSA) is 105 Å². The van der Waals surface area contributed by atoms with Crippen LogP contribution in [-0.2, 0) is 11.2 Å². The molecule has 0 aromatic heterocycles. The van der Waals surface area contributed by atoms with Crippen LogP contribution in [0.5, 0.6) is 0 Å². The van der Waals surface area contributed by atoms with Gasteiger partial charge in [-0.1, -0.05) is 30.3 Å². The van der Waals surface area contributed by atoms with Crippen molar-refractivity contribution in [2.24, 2.45) is 0 Å². The van der Waals surface area contributed by atoms with Gasteiger partial charge in [0.25, 0.3) is 11.6 Å². The van der Waals surface area contributed by atoms with Crippen LogP contribution in [0.3, 0.4) is 0 Å². The first-order valence-corrected chi connectivity index (χ1v) is 11.9. The highest BCUT2D eigenvalue weighted by atomic mass is 16.6. The Hall–Kier alpha value is -4.46. The number of carbonyl (C=O) groups is 2. The van der Waals surface area contributed by atoms with E-state index in [9.17, 15) is 19.7 Å². The van der Waals surface area contributed by atoms with Crippen LogP contribution >= 0.6 is 0 Å². The molecule has 1 aliphatic heterocycles. The Bertz CT molecular complexity index is 1250. The number of nitro groups is 1. The molecule has 2 amide bonds. The lowest BCUT2D eigenvalue weighted by molar-refractivity contribution is -0.384. The molecular weight excluding hydrogens is 456 g/mol. The molecule has 8 heteroatoms. The van der Waals surface area contributed by atoms with Gasteiger partial charge in [0.15, 0.2) is 0 Å². The summed E-state index contributed by atoms with van der Waals surface area (Å²) in [5.41, 5.74) is 3.72. The second-order valence-corrected chi connectivity index (χ2v) is 8.59. The van der Waals surface area contributed by atoms with Crippen molar-refractivity contribution in [3.63, 3.8) is 0 Å². The number of hydrogen-bond donors (Lipinski definition) is 2. The maximum absolute atomic E-state index is 13.1. The number of amides is 2. The van der Waals surface area contributed by atoms with Crippen molar-refractivity contribution in [3.8, 4) is 0 Å². The summed E-state index contributed by atoms with van der Waals surface area (Å²) >= 11 is 0. The molecule has 0 atom stereocenters. The van der Waals surface area contributed by atoms with Crippen molar-refractivity contribution in [1.82, 2.24) is 5.32 Å². The molecule has 0 saturated carbocycles. The number of rotatable bonds is 9. The molecule has 184 valence electrons. The van der Waals surface area contributed by atoms with E-state index in [-0.39, 0.29) is 17.5 Å². The maximum atomic E-state index is 13.1. The van der Waals surface area contributed by atoms with Crippen molar-refractivity contribution >= 4 is 35.0 Å². The molecule has 0 spiro atoms. The highest BCUT2D eigenvalue weighted by Crippen LogP contribution is 2.27. The molecule has 0 radical (unpaired) electrons. The summed E-state index contributed by atoms with van der Waals surface area (Å²) in [7, 11) is 0. The van der Waals surface area contributed by atoms with Crippen molar-refractivity contribution in [1.29, 1.82) is 0 Å². The minimum Gasteiger partial charge on any atom is -0.371 e. The molecule has 4 rings (SSSR count). The lowest BCUT2D eigenvalue weighted by atomic mass is 10.1. The second kappa shape index (κ2) is 11.8. The molecule has 0 unspecified atom stereocenters. The molecular formula is C28H28N4O4. The first kappa shape index (κ1) is 24.7. The van der Waals surface area contributed by atoms with E-state index in [4.69, 9.17) is 0 Å². The summed E-state index contributed by atoms with van der Waals surface area (Å²) in [6.07, 6.45) is 5.83. The van der Waals surface area contributed by atoms with Gasteiger partial charge in [0.05, 0.1) is 10.5 Å². The van der Waals surface area contributed by atoms with Crippen LogP contribution < -0.4 is 15.5 Å². The van der Waals surface area contributed by atoms with Crippen LogP contribution in [0.4, 0.5) is 17.1 Å². The zero-order valence-electron chi connectivity index (χ0n) is 19.9. The van der Waals surface area contributed by atoms with Crippen molar-refractivity contribution in [2.75, 3.05) is 29.9 Å². The highest BCUT2D eigenvalue weighted by Gasteiger charge is 2.20. The van der Waals surface area contributed by atoms with Gasteiger partial charge in [0.1, 0.15) is 0 Å². The Kier molecular flexibility index (Phi) is 8.08. The Morgan fingerprint density at radius 1 is 0.972 bits per heavy atom. The van der Waals surface area contributed by atoms with E-state index in [1.54, 1.807) is 30.3 Å². The zero-order chi connectivity index (χ0) is 25.3. The lowest BCUT2D eigenvalue weighted by Crippen LogP contribution is -2.29. The Morgan fingerprint density at radius 2 is 1.69 bits per heavy atom.